The normalized spacial score (nSPS) is 17.2. The molecular weight excluding hydrogens is 298 g/mol. The highest BCUT2D eigenvalue weighted by molar-refractivity contribution is 5.51. The standard InChI is InChI=1S/C17H27NO5/c1-19-15-6-3-7-16(20-2)17(15)23-12-11-21-10-8-18-13-14-5-4-9-22-14/h3,6-7,14,18H,4-5,8-13H2,1-2H3. The molecule has 0 bridgehead atoms. The molecule has 1 N–H and O–H groups in total. The summed E-state index contributed by atoms with van der Waals surface area (Å²) in [5, 5.41) is 3.34. The van der Waals surface area contributed by atoms with E-state index in [1.165, 1.54) is 6.42 Å². The first-order chi connectivity index (χ1) is 11.3. The highest BCUT2D eigenvalue weighted by atomic mass is 16.6. The van der Waals surface area contributed by atoms with Crippen molar-refractivity contribution < 1.29 is 23.7 Å². The SMILES string of the molecule is COc1cccc(OC)c1OCCOCCNCC1CCCO1. The Bertz CT molecular complexity index is 426. The van der Waals surface area contributed by atoms with Gasteiger partial charge in [0.05, 0.1) is 33.5 Å². The summed E-state index contributed by atoms with van der Waals surface area (Å²) in [7, 11) is 3.22. The van der Waals surface area contributed by atoms with Crippen LogP contribution >= 0.6 is 0 Å². The van der Waals surface area contributed by atoms with Crippen LogP contribution in [0.5, 0.6) is 17.2 Å². The summed E-state index contributed by atoms with van der Waals surface area (Å²) in [6.07, 6.45) is 2.70. The minimum atomic E-state index is 0.372. The van der Waals surface area contributed by atoms with Gasteiger partial charge in [-0.1, -0.05) is 6.07 Å². The zero-order valence-corrected chi connectivity index (χ0v) is 14.0. The van der Waals surface area contributed by atoms with E-state index < -0.39 is 0 Å². The van der Waals surface area contributed by atoms with Gasteiger partial charge in [0.1, 0.15) is 6.61 Å². The molecule has 1 atom stereocenters. The zero-order chi connectivity index (χ0) is 16.3. The number of nitrogens with one attached hydrogen (secondary N) is 1. The van der Waals surface area contributed by atoms with Crippen molar-refractivity contribution in [1.82, 2.24) is 5.32 Å². The highest BCUT2D eigenvalue weighted by Crippen LogP contribution is 2.36. The van der Waals surface area contributed by atoms with E-state index in [4.69, 9.17) is 23.7 Å². The van der Waals surface area contributed by atoms with E-state index >= 15 is 0 Å². The fourth-order valence-electron chi connectivity index (χ4n) is 2.48. The lowest BCUT2D eigenvalue weighted by atomic mass is 10.2. The molecule has 0 radical (unpaired) electrons. The van der Waals surface area contributed by atoms with Crippen LogP contribution in [0.3, 0.4) is 0 Å². The lowest BCUT2D eigenvalue weighted by Crippen LogP contribution is -2.29. The molecule has 0 aromatic heterocycles. The van der Waals surface area contributed by atoms with Gasteiger partial charge in [0.25, 0.3) is 0 Å². The van der Waals surface area contributed by atoms with Crippen LogP contribution in [0.15, 0.2) is 18.2 Å². The van der Waals surface area contributed by atoms with Crippen LogP contribution in [0.2, 0.25) is 0 Å². The summed E-state index contributed by atoms with van der Waals surface area (Å²) in [4.78, 5) is 0. The van der Waals surface area contributed by atoms with E-state index in [9.17, 15) is 0 Å². The van der Waals surface area contributed by atoms with Crippen LogP contribution in [0.1, 0.15) is 12.8 Å². The molecule has 130 valence electrons. The number of hydrogen-bond donors (Lipinski definition) is 1. The summed E-state index contributed by atoms with van der Waals surface area (Å²) < 4.78 is 27.4. The van der Waals surface area contributed by atoms with Gasteiger partial charge in [-0.15, -0.1) is 0 Å². The summed E-state index contributed by atoms with van der Waals surface area (Å²) in [6.45, 7) is 4.23. The van der Waals surface area contributed by atoms with Gasteiger partial charge in [-0.2, -0.15) is 0 Å². The van der Waals surface area contributed by atoms with Crippen molar-refractivity contribution in [3.05, 3.63) is 18.2 Å². The van der Waals surface area contributed by atoms with Crippen LogP contribution < -0.4 is 19.5 Å². The summed E-state index contributed by atoms with van der Waals surface area (Å²) >= 11 is 0. The Labute approximate surface area is 138 Å². The largest absolute Gasteiger partial charge is 0.493 e. The Balaban J connectivity index is 1.56. The first kappa shape index (κ1) is 17.8. The molecule has 6 heteroatoms. The van der Waals surface area contributed by atoms with Crippen LogP contribution in [-0.2, 0) is 9.47 Å². The fraction of sp³-hybridized carbons (Fsp3) is 0.647. The van der Waals surface area contributed by atoms with E-state index in [-0.39, 0.29) is 0 Å². The predicted molar refractivity (Wildman–Crippen MR) is 87.7 cm³/mol. The van der Waals surface area contributed by atoms with Crippen molar-refractivity contribution in [2.75, 3.05) is 53.7 Å². The molecule has 1 aliphatic rings. The van der Waals surface area contributed by atoms with Gasteiger partial charge >= 0.3 is 0 Å². The molecule has 2 rings (SSSR count). The van der Waals surface area contributed by atoms with Crippen LogP contribution in [0, 0.1) is 0 Å². The number of para-hydroxylation sites is 1. The number of ether oxygens (including phenoxy) is 5. The summed E-state index contributed by atoms with van der Waals surface area (Å²) in [5.41, 5.74) is 0. The van der Waals surface area contributed by atoms with Crippen LogP contribution in [0.4, 0.5) is 0 Å². The van der Waals surface area contributed by atoms with Crippen molar-refractivity contribution in [1.29, 1.82) is 0 Å². The average Bonchev–Trinajstić information content (AvgIpc) is 3.10. The molecule has 1 heterocycles. The number of benzene rings is 1. The van der Waals surface area contributed by atoms with Gasteiger partial charge < -0.3 is 29.0 Å². The van der Waals surface area contributed by atoms with Crippen molar-refractivity contribution in [3.63, 3.8) is 0 Å². The molecule has 1 aliphatic heterocycles. The Morgan fingerprint density at radius 3 is 2.57 bits per heavy atom. The Morgan fingerprint density at radius 2 is 1.91 bits per heavy atom. The van der Waals surface area contributed by atoms with Crippen molar-refractivity contribution in [3.8, 4) is 17.2 Å². The lowest BCUT2D eigenvalue weighted by Gasteiger charge is -2.14. The van der Waals surface area contributed by atoms with Crippen LogP contribution in [-0.4, -0.2) is 59.8 Å². The number of rotatable bonds is 11. The maximum atomic E-state index is 5.72. The first-order valence-corrected chi connectivity index (χ1v) is 8.09. The average molecular weight is 325 g/mol. The number of methoxy groups -OCH3 is 2. The molecule has 6 nitrogen and oxygen atoms in total. The molecule has 0 saturated carbocycles. The van der Waals surface area contributed by atoms with E-state index in [0.29, 0.717) is 43.2 Å². The third kappa shape index (κ3) is 5.89. The Morgan fingerprint density at radius 1 is 1.13 bits per heavy atom. The minimum Gasteiger partial charge on any atom is -0.493 e. The van der Waals surface area contributed by atoms with Gasteiger partial charge in [0.15, 0.2) is 11.5 Å². The molecule has 0 amide bonds. The molecule has 1 fully saturated rings. The minimum absolute atomic E-state index is 0.372. The smallest absolute Gasteiger partial charge is 0.203 e. The third-order valence-corrected chi connectivity index (χ3v) is 3.68. The van der Waals surface area contributed by atoms with E-state index in [2.05, 4.69) is 5.32 Å². The molecule has 1 aromatic carbocycles. The van der Waals surface area contributed by atoms with Gasteiger partial charge in [-0.3, -0.25) is 0 Å². The molecule has 0 spiro atoms. The zero-order valence-electron chi connectivity index (χ0n) is 14.0. The van der Waals surface area contributed by atoms with E-state index in [1.54, 1.807) is 14.2 Å². The molecule has 1 aromatic rings. The van der Waals surface area contributed by atoms with Crippen molar-refractivity contribution >= 4 is 0 Å². The predicted octanol–water partition coefficient (Wildman–Crippen LogP) is 1.87. The lowest BCUT2D eigenvalue weighted by molar-refractivity contribution is 0.0894. The fourth-order valence-corrected chi connectivity index (χ4v) is 2.48. The Hall–Kier alpha value is -1.50. The Kier molecular flexibility index (Phi) is 8.00. The summed E-state index contributed by atoms with van der Waals surface area (Å²) in [5.74, 6) is 1.92. The highest BCUT2D eigenvalue weighted by Gasteiger charge is 2.14. The second-order valence-electron chi connectivity index (χ2n) is 5.29. The molecule has 1 unspecified atom stereocenters. The van der Waals surface area contributed by atoms with E-state index in [0.717, 1.165) is 26.1 Å². The van der Waals surface area contributed by atoms with Gasteiger partial charge in [0.2, 0.25) is 5.75 Å². The van der Waals surface area contributed by atoms with Gasteiger partial charge in [0, 0.05) is 19.7 Å². The van der Waals surface area contributed by atoms with Crippen LogP contribution in [0.25, 0.3) is 0 Å². The van der Waals surface area contributed by atoms with Crippen molar-refractivity contribution in [2.45, 2.75) is 18.9 Å². The summed E-state index contributed by atoms with van der Waals surface area (Å²) in [6, 6.07) is 5.54. The van der Waals surface area contributed by atoms with Gasteiger partial charge in [-0.25, -0.2) is 0 Å². The molecule has 1 saturated heterocycles. The first-order valence-electron chi connectivity index (χ1n) is 8.09. The quantitative estimate of drug-likeness (QED) is 0.627. The number of hydrogen-bond acceptors (Lipinski definition) is 6. The maximum absolute atomic E-state index is 5.72. The maximum Gasteiger partial charge on any atom is 0.203 e. The topological polar surface area (TPSA) is 58.2 Å². The second-order valence-corrected chi connectivity index (χ2v) is 5.29. The monoisotopic (exact) mass is 325 g/mol. The van der Waals surface area contributed by atoms with Crippen molar-refractivity contribution in [2.24, 2.45) is 0 Å². The van der Waals surface area contributed by atoms with E-state index in [1.807, 2.05) is 18.2 Å². The molecule has 0 aliphatic carbocycles. The van der Waals surface area contributed by atoms with Gasteiger partial charge in [-0.05, 0) is 25.0 Å². The third-order valence-electron chi connectivity index (χ3n) is 3.68. The second kappa shape index (κ2) is 10.3. The molecular formula is C17H27NO5. The molecule has 23 heavy (non-hydrogen) atoms.